The molecule has 0 radical (unpaired) electrons. The molecule has 9 nitrogen and oxygen atoms in total. The predicted molar refractivity (Wildman–Crippen MR) is 127 cm³/mol. The van der Waals surface area contributed by atoms with Gasteiger partial charge in [0.05, 0.1) is 6.61 Å². The Balaban J connectivity index is 1.55. The van der Waals surface area contributed by atoms with Crippen molar-refractivity contribution in [3.8, 4) is 23.0 Å². The van der Waals surface area contributed by atoms with Gasteiger partial charge in [0, 0.05) is 24.8 Å². The predicted octanol–water partition coefficient (Wildman–Crippen LogP) is 3.91. The zero-order valence-electron chi connectivity index (χ0n) is 19.0. The molecular weight excluding hydrogens is 454 g/mol. The number of ether oxygens (including phenoxy) is 5. The molecule has 3 N–H and O–H groups in total. The highest BCUT2D eigenvalue weighted by molar-refractivity contribution is 5.85. The Morgan fingerprint density at radius 2 is 1.69 bits per heavy atom. The minimum Gasteiger partial charge on any atom is -0.491 e. The summed E-state index contributed by atoms with van der Waals surface area (Å²) in [5, 5.41) is 21.4. The first kappa shape index (κ1) is 24.2. The number of rotatable bonds is 11. The summed E-state index contributed by atoms with van der Waals surface area (Å²) < 4.78 is 28.0. The summed E-state index contributed by atoms with van der Waals surface area (Å²) in [7, 11) is 0. The molecule has 3 aromatic rings. The van der Waals surface area contributed by atoms with Crippen LogP contribution in [-0.2, 0) is 4.74 Å². The molecule has 4 rings (SSSR count). The van der Waals surface area contributed by atoms with Gasteiger partial charge < -0.3 is 33.9 Å². The van der Waals surface area contributed by atoms with Gasteiger partial charge in [0.25, 0.3) is 0 Å². The van der Waals surface area contributed by atoms with Gasteiger partial charge in [-0.25, -0.2) is 4.79 Å². The monoisotopic (exact) mass is 481 g/mol. The zero-order chi connectivity index (χ0) is 24.5. The number of hydrogen-bond acceptors (Lipinski definition) is 8. The van der Waals surface area contributed by atoms with Crippen LogP contribution in [0, 0.1) is 0 Å². The normalized spacial score (nSPS) is 13.5. The molecule has 0 aliphatic carbocycles. The second-order valence-corrected chi connectivity index (χ2v) is 7.64. The lowest BCUT2D eigenvalue weighted by Gasteiger charge is -2.28. The lowest BCUT2D eigenvalue weighted by molar-refractivity contribution is 0.00906. The SMILES string of the molecule is O=C(Nc1ccc2c(c1)OCO2)O[C@H](c1ccc(OCCO)cc1)[C@@H](CCO)Oc1ccccc1. The van der Waals surface area contributed by atoms with E-state index in [1.165, 1.54) is 0 Å². The first-order chi connectivity index (χ1) is 17.2. The smallest absolute Gasteiger partial charge is 0.412 e. The first-order valence-electron chi connectivity index (χ1n) is 11.2. The van der Waals surface area contributed by atoms with E-state index in [1.807, 2.05) is 18.2 Å². The van der Waals surface area contributed by atoms with Gasteiger partial charge in [0.2, 0.25) is 6.79 Å². The van der Waals surface area contributed by atoms with Crippen molar-refractivity contribution in [1.29, 1.82) is 0 Å². The highest BCUT2D eigenvalue weighted by Gasteiger charge is 2.29. The van der Waals surface area contributed by atoms with Crippen LogP contribution in [0.4, 0.5) is 10.5 Å². The topological polar surface area (TPSA) is 116 Å². The third-order valence-electron chi connectivity index (χ3n) is 5.20. The molecule has 0 saturated heterocycles. The van der Waals surface area contributed by atoms with Crippen molar-refractivity contribution in [3.63, 3.8) is 0 Å². The van der Waals surface area contributed by atoms with Crippen molar-refractivity contribution in [2.24, 2.45) is 0 Å². The molecule has 0 saturated carbocycles. The van der Waals surface area contributed by atoms with Gasteiger partial charge >= 0.3 is 6.09 Å². The van der Waals surface area contributed by atoms with Crippen LogP contribution in [0.25, 0.3) is 0 Å². The standard InChI is InChI=1S/C26H27NO8/c28-13-12-23(34-21-4-2-1-3-5-21)25(18-6-9-20(10-7-18)31-15-14-29)35-26(30)27-19-8-11-22-24(16-19)33-17-32-22/h1-11,16,23,25,28-29H,12-15,17H2,(H,27,30)/t23-,25-/m1/s1. The Kier molecular flexibility index (Phi) is 8.26. The molecule has 9 heteroatoms. The largest absolute Gasteiger partial charge is 0.491 e. The highest BCUT2D eigenvalue weighted by Crippen LogP contribution is 2.35. The molecule has 0 aromatic heterocycles. The Bertz CT molecular complexity index is 1090. The highest BCUT2D eigenvalue weighted by atomic mass is 16.7. The maximum Gasteiger partial charge on any atom is 0.412 e. The number of nitrogens with one attached hydrogen (secondary N) is 1. The van der Waals surface area contributed by atoms with Crippen LogP contribution >= 0.6 is 0 Å². The fourth-order valence-corrected chi connectivity index (χ4v) is 3.59. The van der Waals surface area contributed by atoms with Crippen LogP contribution in [0.3, 0.4) is 0 Å². The number of amides is 1. The second kappa shape index (κ2) is 12.0. The maximum atomic E-state index is 12.9. The third kappa shape index (κ3) is 6.56. The molecule has 35 heavy (non-hydrogen) atoms. The number of anilines is 1. The molecule has 1 aliphatic heterocycles. The maximum absolute atomic E-state index is 12.9. The number of aliphatic hydroxyl groups is 2. The number of benzene rings is 3. The van der Waals surface area contributed by atoms with E-state index in [4.69, 9.17) is 28.8 Å². The Morgan fingerprint density at radius 3 is 2.43 bits per heavy atom. The van der Waals surface area contributed by atoms with Gasteiger partial charge in [-0.15, -0.1) is 0 Å². The van der Waals surface area contributed by atoms with Gasteiger partial charge in [-0.2, -0.15) is 0 Å². The first-order valence-corrected chi connectivity index (χ1v) is 11.2. The van der Waals surface area contributed by atoms with E-state index in [9.17, 15) is 9.90 Å². The summed E-state index contributed by atoms with van der Waals surface area (Å²) in [6.45, 7) is 0.0281. The van der Waals surface area contributed by atoms with Crippen LogP contribution in [0.2, 0.25) is 0 Å². The van der Waals surface area contributed by atoms with Crippen molar-refractivity contribution in [2.75, 3.05) is 31.9 Å². The van der Waals surface area contributed by atoms with Crippen molar-refractivity contribution in [2.45, 2.75) is 18.6 Å². The minimum atomic E-state index is -0.844. The third-order valence-corrected chi connectivity index (χ3v) is 5.20. The molecule has 3 aromatic carbocycles. The van der Waals surface area contributed by atoms with Gasteiger partial charge in [0.15, 0.2) is 17.6 Å². The van der Waals surface area contributed by atoms with E-state index in [2.05, 4.69) is 5.32 Å². The number of hydrogen-bond donors (Lipinski definition) is 3. The van der Waals surface area contributed by atoms with Gasteiger partial charge in [-0.3, -0.25) is 5.32 Å². The van der Waals surface area contributed by atoms with Gasteiger partial charge in [-0.05, 0) is 42.0 Å². The summed E-state index contributed by atoms with van der Waals surface area (Å²) >= 11 is 0. The molecule has 1 amide bonds. The average molecular weight is 482 g/mol. The fraction of sp³-hybridized carbons (Fsp3) is 0.269. The molecule has 1 heterocycles. The Labute approximate surface area is 202 Å². The summed E-state index contributed by atoms with van der Waals surface area (Å²) in [5.41, 5.74) is 1.13. The molecule has 2 atom stereocenters. The summed E-state index contributed by atoms with van der Waals surface area (Å²) in [5.74, 6) is 2.28. The van der Waals surface area contributed by atoms with E-state index in [1.54, 1.807) is 54.6 Å². The zero-order valence-corrected chi connectivity index (χ0v) is 19.0. The van der Waals surface area contributed by atoms with E-state index in [-0.39, 0.29) is 33.0 Å². The van der Waals surface area contributed by atoms with Crippen molar-refractivity contribution in [3.05, 3.63) is 78.4 Å². The Morgan fingerprint density at radius 1 is 0.914 bits per heavy atom. The molecule has 184 valence electrons. The number of carbonyl (C=O) groups excluding carboxylic acids is 1. The van der Waals surface area contributed by atoms with Crippen molar-refractivity contribution < 1.29 is 38.7 Å². The fourth-order valence-electron chi connectivity index (χ4n) is 3.59. The lowest BCUT2D eigenvalue weighted by Crippen LogP contribution is -2.31. The van der Waals surface area contributed by atoms with Crippen LogP contribution in [-0.4, -0.2) is 49.0 Å². The molecule has 0 spiro atoms. The van der Waals surface area contributed by atoms with Gasteiger partial charge in [0.1, 0.15) is 24.2 Å². The number of carbonyl (C=O) groups is 1. The molecule has 0 unspecified atom stereocenters. The molecule has 1 aliphatic rings. The summed E-state index contributed by atoms with van der Waals surface area (Å²) in [4.78, 5) is 12.9. The van der Waals surface area contributed by atoms with Crippen molar-refractivity contribution >= 4 is 11.8 Å². The van der Waals surface area contributed by atoms with E-state index in [0.717, 1.165) is 0 Å². The quantitative estimate of drug-likeness (QED) is 0.378. The average Bonchev–Trinajstić information content (AvgIpc) is 3.35. The second-order valence-electron chi connectivity index (χ2n) is 7.64. The lowest BCUT2D eigenvalue weighted by atomic mass is 10.0. The van der Waals surface area contributed by atoms with E-state index in [0.29, 0.717) is 34.2 Å². The van der Waals surface area contributed by atoms with E-state index >= 15 is 0 Å². The Hall–Kier alpha value is -3.95. The summed E-state index contributed by atoms with van der Waals surface area (Å²) in [6, 6.07) is 21.1. The molecule has 0 bridgehead atoms. The van der Waals surface area contributed by atoms with E-state index < -0.39 is 18.3 Å². The molecule has 0 fully saturated rings. The minimum absolute atomic E-state index is 0.100. The van der Waals surface area contributed by atoms with Crippen LogP contribution in [0.5, 0.6) is 23.0 Å². The number of aliphatic hydroxyl groups excluding tert-OH is 2. The van der Waals surface area contributed by atoms with Crippen LogP contribution in [0.15, 0.2) is 72.8 Å². The van der Waals surface area contributed by atoms with Crippen LogP contribution < -0.4 is 24.3 Å². The number of para-hydroxylation sites is 1. The van der Waals surface area contributed by atoms with Crippen LogP contribution in [0.1, 0.15) is 18.1 Å². The van der Waals surface area contributed by atoms with Crippen molar-refractivity contribution in [1.82, 2.24) is 0 Å². The molecular formula is C26H27NO8. The number of fused-ring (bicyclic) bond motifs is 1. The van der Waals surface area contributed by atoms with Gasteiger partial charge in [-0.1, -0.05) is 30.3 Å². The summed E-state index contributed by atoms with van der Waals surface area (Å²) in [6.07, 6.45) is -1.99.